The van der Waals surface area contributed by atoms with E-state index in [2.05, 4.69) is 0 Å². The summed E-state index contributed by atoms with van der Waals surface area (Å²) in [5.74, 6) is -1.46. The van der Waals surface area contributed by atoms with Crippen LogP contribution in [0, 0.1) is 0 Å². The second kappa shape index (κ2) is 6.60. The number of morpholine rings is 1. The highest BCUT2D eigenvalue weighted by atomic mass is 19.4. The third kappa shape index (κ3) is 3.34. The molecule has 0 spiro atoms. The number of hydrogen-bond acceptors (Lipinski definition) is 3. The molecule has 0 saturated carbocycles. The summed E-state index contributed by atoms with van der Waals surface area (Å²) >= 11 is 0. The summed E-state index contributed by atoms with van der Waals surface area (Å²) in [4.78, 5) is 12.2. The van der Waals surface area contributed by atoms with Crippen LogP contribution in [-0.4, -0.2) is 55.1 Å². The van der Waals surface area contributed by atoms with Gasteiger partial charge in [0, 0.05) is 18.7 Å². The molecule has 0 unspecified atom stereocenters. The molecule has 1 aromatic rings. The van der Waals surface area contributed by atoms with E-state index in [0.717, 1.165) is 12.1 Å². The molecule has 1 amide bonds. The fourth-order valence-corrected chi connectivity index (χ4v) is 2.46. The van der Waals surface area contributed by atoms with Gasteiger partial charge in [-0.2, -0.15) is 26.3 Å². The quantitative estimate of drug-likeness (QED) is 0.847. The molecule has 0 atom stereocenters. The predicted molar refractivity (Wildman–Crippen MR) is 71.1 cm³/mol. The van der Waals surface area contributed by atoms with Crippen LogP contribution < -0.4 is 5.32 Å². The summed E-state index contributed by atoms with van der Waals surface area (Å²) in [5.41, 5.74) is -4.78. The van der Waals surface area contributed by atoms with Gasteiger partial charge in [-0.1, -0.05) is 18.2 Å². The molecule has 0 aliphatic carbocycles. The normalized spacial score (nSPS) is 17.6. The van der Waals surface area contributed by atoms with Gasteiger partial charge in [-0.25, -0.2) is 0 Å². The first kappa shape index (κ1) is 18.5. The topological polar surface area (TPSA) is 41.6 Å². The Hall–Kier alpha value is -1.81. The molecule has 0 radical (unpaired) electrons. The van der Waals surface area contributed by atoms with Gasteiger partial charge < -0.3 is 10.1 Å². The number of carbonyl (C=O) groups is 1. The maximum absolute atomic E-state index is 13.5. The van der Waals surface area contributed by atoms with E-state index in [1.807, 2.05) is 0 Å². The molecule has 0 aromatic heterocycles. The zero-order valence-corrected chi connectivity index (χ0v) is 12.2. The minimum absolute atomic E-state index is 0.150. The van der Waals surface area contributed by atoms with Crippen molar-refractivity contribution in [1.29, 1.82) is 0 Å². The highest BCUT2D eigenvalue weighted by Gasteiger charge is 2.75. The second-order valence-corrected chi connectivity index (χ2v) is 5.13. The Morgan fingerprint density at radius 3 is 1.92 bits per heavy atom. The first-order valence-electron chi connectivity index (χ1n) is 6.93. The molecule has 1 N–H and O–H groups in total. The Morgan fingerprint density at radius 2 is 1.46 bits per heavy atom. The Bertz CT molecular complexity index is 553. The van der Waals surface area contributed by atoms with Gasteiger partial charge in [0.15, 0.2) is 0 Å². The van der Waals surface area contributed by atoms with Gasteiger partial charge in [0.1, 0.15) is 0 Å². The number of nitrogens with zero attached hydrogens (tertiary/aromatic N) is 1. The summed E-state index contributed by atoms with van der Waals surface area (Å²) < 4.78 is 85.9. The maximum atomic E-state index is 13.5. The van der Waals surface area contributed by atoms with E-state index in [1.54, 1.807) is 0 Å². The Labute approximate surface area is 133 Å². The van der Waals surface area contributed by atoms with Crippen LogP contribution >= 0.6 is 0 Å². The first-order valence-corrected chi connectivity index (χ1v) is 6.93. The van der Waals surface area contributed by atoms with Crippen molar-refractivity contribution in [1.82, 2.24) is 10.2 Å². The van der Waals surface area contributed by atoms with Crippen molar-refractivity contribution >= 4 is 5.91 Å². The average Bonchev–Trinajstić information content (AvgIpc) is 2.51. The number of amides is 1. The van der Waals surface area contributed by atoms with E-state index >= 15 is 0 Å². The van der Waals surface area contributed by atoms with Gasteiger partial charge in [0.25, 0.3) is 11.6 Å². The van der Waals surface area contributed by atoms with Crippen LogP contribution in [0.4, 0.5) is 26.3 Å². The summed E-state index contributed by atoms with van der Waals surface area (Å²) in [6, 6.07) is 6.43. The van der Waals surface area contributed by atoms with Crippen LogP contribution in [0.3, 0.4) is 0 Å². The van der Waals surface area contributed by atoms with Crippen LogP contribution in [0.2, 0.25) is 0 Å². The van der Waals surface area contributed by atoms with Crippen molar-refractivity contribution in [2.45, 2.75) is 18.0 Å². The fourth-order valence-electron chi connectivity index (χ4n) is 2.46. The van der Waals surface area contributed by atoms with Gasteiger partial charge in [-0.3, -0.25) is 9.69 Å². The SMILES string of the molecule is O=C(NC(N1CCOCC1)(C(F)(F)F)C(F)(F)F)c1ccccc1. The molecule has 1 aromatic carbocycles. The number of halogens is 6. The monoisotopic (exact) mass is 356 g/mol. The molecular weight excluding hydrogens is 342 g/mol. The summed E-state index contributed by atoms with van der Waals surface area (Å²) in [6.45, 7) is -1.83. The molecular formula is C14H14F6N2O2. The lowest BCUT2D eigenvalue weighted by atomic mass is 10.0. The zero-order valence-electron chi connectivity index (χ0n) is 12.2. The number of ether oxygens (including phenoxy) is 1. The lowest BCUT2D eigenvalue weighted by molar-refractivity contribution is -0.352. The third-order valence-electron chi connectivity index (χ3n) is 3.64. The van der Waals surface area contributed by atoms with Crippen molar-refractivity contribution in [3.05, 3.63) is 35.9 Å². The number of hydrogen-bond donors (Lipinski definition) is 1. The molecule has 10 heteroatoms. The highest BCUT2D eigenvalue weighted by molar-refractivity contribution is 5.94. The summed E-state index contributed by atoms with van der Waals surface area (Å²) in [5, 5.41) is 1.18. The van der Waals surface area contributed by atoms with Crippen molar-refractivity contribution in [2.75, 3.05) is 26.3 Å². The van der Waals surface area contributed by atoms with E-state index in [4.69, 9.17) is 4.74 Å². The molecule has 1 aliphatic rings. The Morgan fingerprint density at radius 1 is 0.958 bits per heavy atom. The third-order valence-corrected chi connectivity index (χ3v) is 3.64. The standard InChI is InChI=1S/C14H14F6N2O2/c15-13(16,17)12(14(18,19)20,22-6-8-24-9-7-22)21-11(23)10-4-2-1-3-5-10/h1-5H,6-9H2,(H,21,23). The molecule has 134 valence electrons. The average molecular weight is 356 g/mol. The highest BCUT2D eigenvalue weighted by Crippen LogP contribution is 2.45. The van der Waals surface area contributed by atoms with Crippen molar-refractivity contribution < 1.29 is 35.9 Å². The van der Waals surface area contributed by atoms with Gasteiger partial charge in [-0.05, 0) is 12.1 Å². The van der Waals surface area contributed by atoms with E-state index in [1.165, 1.54) is 23.5 Å². The first-order chi connectivity index (χ1) is 11.1. The van der Waals surface area contributed by atoms with Crippen LogP contribution in [0.1, 0.15) is 10.4 Å². The smallest absolute Gasteiger partial charge is 0.379 e. The largest absolute Gasteiger partial charge is 0.434 e. The lowest BCUT2D eigenvalue weighted by Gasteiger charge is -2.46. The van der Waals surface area contributed by atoms with Crippen molar-refractivity contribution in [3.8, 4) is 0 Å². The maximum Gasteiger partial charge on any atom is 0.434 e. The fraction of sp³-hybridized carbons (Fsp3) is 0.500. The van der Waals surface area contributed by atoms with Gasteiger partial charge >= 0.3 is 12.4 Å². The minimum atomic E-state index is -5.77. The number of carbonyl (C=O) groups excluding carboxylic acids is 1. The zero-order chi connectivity index (χ0) is 18.0. The van der Waals surface area contributed by atoms with E-state index in [9.17, 15) is 31.1 Å². The van der Waals surface area contributed by atoms with Crippen LogP contribution in [0.25, 0.3) is 0 Å². The molecule has 1 aliphatic heterocycles. The number of alkyl halides is 6. The van der Waals surface area contributed by atoms with Gasteiger partial charge in [0.05, 0.1) is 13.2 Å². The second-order valence-electron chi connectivity index (χ2n) is 5.13. The summed E-state index contributed by atoms with van der Waals surface area (Å²) in [6.07, 6.45) is -11.5. The van der Waals surface area contributed by atoms with E-state index in [0.29, 0.717) is 0 Å². The van der Waals surface area contributed by atoms with Crippen molar-refractivity contribution in [3.63, 3.8) is 0 Å². The van der Waals surface area contributed by atoms with Crippen LogP contribution in [-0.2, 0) is 4.74 Å². The Balaban J connectivity index is 2.46. The number of rotatable bonds is 3. The van der Waals surface area contributed by atoms with Crippen LogP contribution in [0.5, 0.6) is 0 Å². The molecule has 2 rings (SSSR count). The van der Waals surface area contributed by atoms with Crippen molar-refractivity contribution in [2.24, 2.45) is 0 Å². The van der Waals surface area contributed by atoms with Crippen LogP contribution in [0.15, 0.2) is 30.3 Å². The van der Waals surface area contributed by atoms with E-state index < -0.39 is 37.0 Å². The number of nitrogens with one attached hydrogen (secondary N) is 1. The minimum Gasteiger partial charge on any atom is -0.379 e. The van der Waals surface area contributed by atoms with Gasteiger partial charge in [0.2, 0.25) is 0 Å². The molecule has 24 heavy (non-hydrogen) atoms. The lowest BCUT2D eigenvalue weighted by Crippen LogP contribution is -2.77. The molecule has 4 nitrogen and oxygen atoms in total. The molecule has 0 bridgehead atoms. The van der Waals surface area contributed by atoms with Gasteiger partial charge in [-0.15, -0.1) is 0 Å². The molecule has 1 saturated heterocycles. The molecule has 1 heterocycles. The summed E-state index contributed by atoms with van der Waals surface area (Å²) in [7, 11) is 0. The Kier molecular flexibility index (Phi) is 5.09. The number of benzene rings is 1. The molecule has 1 fully saturated rings. The predicted octanol–water partition coefficient (Wildman–Crippen LogP) is 2.57. The van der Waals surface area contributed by atoms with E-state index in [-0.39, 0.29) is 23.7 Å².